The number of methoxy groups -OCH3 is 2. The van der Waals surface area contributed by atoms with Crippen LogP contribution in [0.1, 0.15) is 23.6 Å². The number of urea groups is 1. The number of nitrogens with zero attached hydrogens (tertiary/aromatic N) is 4. The molecule has 1 aliphatic heterocycles. The molecule has 9 heteroatoms. The minimum Gasteiger partial charge on any atom is -0.493 e. The molecule has 0 fully saturated rings. The van der Waals surface area contributed by atoms with Crippen LogP contribution in [0, 0.1) is 5.82 Å². The number of carbonyl (C=O) groups excluding carboxylic acids is 1. The van der Waals surface area contributed by atoms with Crippen LogP contribution < -0.4 is 19.7 Å². The van der Waals surface area contributed by atoms with Crippen molar-refractivity contribution in [2.45, 2.75) is 19.4 Å². The molecule has 2 aromatic rings. The molecule has 0 bridgehead atoms. The maximum atomic E-state index is 14.8. The number of amides is 2. The van der Waals surface area contributed by atoms with Gasteiger partial charge in [-0.2, -0.15) is 5.10 Å². The van der Waals surface area contributed by atoms with Gasteiger partial charge < -0.3 is 24.6 Å². The Kier molecular flexibility index (Phi) is 7.98. The Bertz CT molecular complexity index is 1070. The maximum absolute atomic E-state index is 14.8. The van der Waals surface area contributed by atoms with Crippen molar-refractivity contribution in [1.29, 1.82) is 0 Å². The van der Waals surface area contributed by atoms with Crippen molar-refractivity contribution >= 4 is 17.4 Å². The molecule has 0 saturated heterocycles. The molecule has 0 radical (unpaired) electrons. The zero-order chi connectivity index (χ0) is 25.0. The summed E-state index contributed by atoms with van der Waals surface area (Å²) in [7, 11) is 10.6. The van der Waals surface area contributed by atoms with E-state index in [0.717, 1.165) is 17.7 Å². The van der Waals surface area contributed by atoms with Crippen molar-refractivity contribution in [3.63, 3.8) is 0 Å². The summed E-state index contributed by atoms with van der Waals surface area (Å²) in [5, 5.41) is 8.86. The number of benzene rings is 2. The fourth-order valence-electron chi connectivity index (χ4n) is 3.97. The predicted octanol–water partition coefficient (Wildman–Crippen LogP) is 3.18. The van der Waals surface area contributed by atoms with Gasteiger partial charge in [-0.1, -0.05) is 0 Å². The van der Waals surface area contributed by atoms with Crippen LogP contribution in [0.3, 0.4) is 0 Å². The van der Waals surface area contributed by atoms with Gasteiger partial charge in [0.05, 0.1) is 31.7 Å². The Morgan fingerprint density at radius 2 is 1.82 bits per heavy atom. The molecule has 8 nitrogen and oxygen atoms in total. The van der Waals surface area contributed by atoms with Crippen molar-refractivity contribution in [3.05, 3.63) is 52.8 Å². The van der Waals surface area contributed by atoms with Crippen LogP contribution >= 0.6 is 0 Å². The molecule has 1 unspecified atom stereocenters. The highest BCUT2D eigenvalue weighted by molar-refractivity contribution is 6.15. The van der Waals surface area contributed by atoms with Gasteiger partial charge in [0.15, 0.2) is 11.5 Å². The molecule has 1 atom stereocenters. The predicted molar refractivity (Wildman–Crippen MR) is 133 cm³/mol. The van der Waals surface area contributed by atoms with E-state index < -0.39 is 0 Å². The van der Waals surface area contributed by atoms with Gasteiger partial charge in [0.2, 0.25) is 0 Å². The first-order valence-corrected chi connectivity index (χ1v) is 11.2. The fourth-order valence-corrected chi connectivity index (χ4v) is 3.97. The maximum Gasteiger partial charge on any atom is 0.337 e. The van der Waals surface area contributed by atoms with E-state index in [2.05, 4.69) is 5.32 Å². The van der Waals surface area contributed by atoms with Crippen molar-refractivity contribution in [1.82, 2.24) is 15.2 Å². The monoisotopic (exact) mass is 471 g/mol. The number of ether oxygens (including phenoxy) is 2. The topological polar surface area (TPSA) is 69.6 Å². The summed E-state index contributed by atoms with van der Waals surface area (Å²) in [6.45, 7) is 3.37. The van der Waals surface area contributed by atoms with E-state index in [1.54, 1.807) is 33.4 Å². The Labute approximate surface area is 200 Å². The second-order valence-corrected chi connectivity index (χ2v) is 8.66. The van der Waals surface area contributed by atoms with Gasteiger partial charge >= 0.3 is 6.03 Å². The lowest BCUT2D eigenvalue weighted by Crippen LogP contribution is -2.41. The van der Waals surface area contributed by atoms with Crippen LogP contribution in [0.15, 0.2) is 35.4 Å². The first-order valence-electron chi connectivity index (χ1n) is 11.2. The summed E-state index contributed by atoms with van der Waals surface area (Å²) >= 11 is 0. The molecule has 2 amide bonds. The van der Waals surface area contributed by atoms with Gasteiger partial charge in [-0.25, -0.2) is 14.2 Å². The molecular formula is C25H34FN5O3. The molecule has 0 aromatic heterocycles. The van der Waals surface area contributed by atoms with E-state index in [4.69, 9.17) is 14.6 Å². The number of hydrazone groups is 1. The smallest absolute Gasteiger partial charge is 0.337 e. The Morgan fingerprint density at radius 3 is 2.44 bits per heavy atom. The zero-order valence-corrected chi connectivity index (χ0v) is 21.0. The standard InChI is InChI=1S/C25H34FN5O3/c1-16-12-18-14-22(33-6)23(34-7)15-19(18)24(28-31(16)25(32)27-2)17-8-9-20(26)21(13-17)30(5)11-10-29(3)4/h8-9,13-16H,10-12H2,1-7H3,(H,27,32). The van der Waals surface area contributed by atoms with Crippen molar-refractivity contribution < 1.29 is 18.7 Å². The second kappa shape index (κ2) is 10.7. The van der Waals surface area contributed by atoms with Crippen LogP contribution in [-0.2, 0) is 6.42 Å². The number of halogens is 1. The lowest BCUT2D eigenvalue weighted by Gasteiger charge is -2.24. The molecule has 1 heterocycles. The lowest BCUT2D eigenvalue weighted by atomic mass is 9.93. The molecule has 2 aromatic carbocycles. The van der Waals surface area contributed by atoms with E-state index in [9.17, 15) is 9.18 Å². The minimum atomic E-state index is -0.317. The normalized spacial score (nSPS) is 15.4. The number of likely N-dealkylation sites (N-methyl/N-ethyl adjacent to an activating group) is 2. The highest BCUT2D eigenvalue weighted by atomic mass is 19.1. The van der Waals surface area contributed by atoms with Gasteiger partial charge in [-0.15, -0.1) is 0 Å². The zero-order valence-electron chi connectivity index (χ0n) is 21.0. The van der Waals surface area contributed by atoms with Gasteiger partial charge in [0.25, 0.3) is 0 Å². The third-order valence-corrected chi connectivity index (χ3v) is 5.94. The molecule has 3 rings (SSSR count). The lowest BCUT2D eigenvalue weighted by molar-refractivity contribution is 0.184. The average molecular weight is 472 g/mol. The van der Waals surface area contributed by atoms with E-state index in [-0.39, 0.29) is 17.9 Å². The van der Waals surface area contributed by atoms with Gasteiger partial charge in [0.1, 0.15) is 5.82 Å². The van der Waals surface area contributed by atoms with Crippen LogP contribution in [0.4, 0.5) is 14.9 Å². The molecule has 0 saturated carbocycles. The summed E-state index contributed by atoms with van der Waals surface area (Å²) < 4.78 is 25.9. The Balaban J connectivity index is 2.19. The van der Waals surface area contributed by atoms with Gasteiger partial charge in [0, 0.05) is 38.3 Å². The van der Waals surface area contributed by atoms with Gasteiger partial charge in [-0.3, -0.25) is 0 Å². The summed E-state index contributed by atoms with van der Waals surface area (Å²) in [4.78, 5) is 16.6. The third-order valence-electron chi connectivity index (χ3n) is 5.94. The molecule has 184 valence electrons. The number of carbonyl (C=O) groups is 1. The van der Waals surface area contributed by atoms with Crippen LogP contribution in [0.5, 0.6) is 11.5 Å². The van der Waals surface area contributed by atoms with Crippen molar-refractivity contribution in [2.75, 3.05) is 60.4 Å². The largest absolute Gasteiger partial charge is 0.493 e. The molecule has 0 spiro atoms. The Hall–Kier alpha value is -3.33. The summed E-state index contributed by atoms with van der Waals surface area (Å²) in [5.74, 6) is 0.841. The number of hydrogen-bond donors (Lipinski definition) is 1. The highest BCUT2D eigenvalue weighted by Crippen LogP contribution is 2.35. The summed E-state index contributed by atoms with van der Waals surface area (Å²) in [6, 6.07) is 8.17. The van der Waals surface area contributed by atoms with E-state index >= 15 is 0 Å². The molecule has 34 heavy (non-hydrogen) atoms. The van der Waals surface area contributed by atoms with E-state index in [1.807, 2.05) is 50.0 Å². The van der Waals surface area contributed by atoms with E-state index in [0.29, 0.717) is 41.4 Å². The first-order chi connectivity index (χ1) is 16.2. The summed E-state index contributed by atoms with van der Waals surface area (Å²) in [6.07, 6.45) is 0.562. The molecule has 0 aliphatic carbocycles. The molecule has 1 N–H and O–H groups in total. The number of fused-ring (bicyclic) bond motifs is 1. The third kappa shape index (κ3) is 5.25. The van der Waals surface area contributed by atoms with Crippen molar-refractivity contribution in [2.24, 2.45) is 5.10 Å². The number of nitrogens with one attached hydrogen (secondary N) is 1. The highest BCUT2D eigenvalue weighted by Gasteiger charge is 2.28. The number of hydrogen-bond acceptors (Lipinski definition) is 6. The van der Waals surface area contributed by atoms with E-state index in [1.165, 1.54) is 11.1 Å². The first kappa shape index (κ1) is 25.3. The van der Waals surface area contributed by atoms with Gasteiger partial charge in [-0.05, 0) is 63.3 Å². The molecule has 1 aliphatic rings. The second-order valence-electron chi connectivity index (χ2n) is 8.66. The average Bonchev–Trinajstić information content (AvgIpc) is 2.96. The quantitative estimate of drug-likeness (QED) is 0.672. The van der Waals surface area contributed by atoms with Crippen LogP contribution in [-0.4, -0.2) is 83.2 Å². The summed E-state index contributed by atoms with van der Waals surface area (Å²) in [5.41, 5.74) is 3.50. The van der Waals surface area contributed by atoms with Crippen LogP contribution in [0.2, 0.25) is 0 Å². The SMILES string of the molecule is CNC(=O)N1N=C(c2ccc(F)c(N(C)CCN(C)C)c2)c2cc(OC)c(OC)cc2CC1C. The fraction of sp³-hybridized carbons (Fsp3) is 0.440. The number of rotatable bonds is 7. The van der Waals surface area contributed by atoms with Crippen molar-refractivity contribution in [3.8, 4) is 11.5 Å². The molecular weight excluding hydrogens is 437 g/mol. The number of anilines is 1. The Morgan fingerprint density at radius 1 is 1.15 bits per heavy atom. The minimum absolute atomic E-state index is 0.211. The van der Waals surface area contributed by atoms with Crippen LogP contribution in [0.25, 0.3) is 0 Å².